The number of hydrogen-bond donors (Lipinski definition) is 0. The highest BCUT2D eigenvalue weighted by molar-refractivity contribution is 7.91. The molecule has 1 aliphatic heterocycles. The van der Waals surface area contributed by atoms with Crippen molar-refractivity contribution in [2.75, 3.05) is 18.8 Å². The van der Waals surface area contributed by atoms with Gasteiger partial charge in [0.05, 0.1) is 30.4 Å². The maximum absolute atomic E-state index is 12.4. The summed E-state index contributed by atoms with van der Waals surface area (Å²) < 4.78 is 33.0. The maximum Gasteiger partial charge on any atom is 0.227 e. The van der Waals surface area contributed by atoms with E-state index < -0.39 is 9.84 Å². The first-order valence-corrected chi connectivity index (χ1v) is 12.3. The van der Waals surface area contributed by atoms with Gasteiger partial charge in [0.15, 0.2) is 0 Å². The molecule has 2 heterocycles. The zero-order valence-corrected chi connectivity index (χ0v) is 18.4. The third-order valence-electron chi connectivity index (χ3n) is 5.47. The van der Waals surface area contributed by atoms with Crippen LogP contribution in [-0.4, -0.2) is 47.8 Å². The topological polar surface area (TPSA) is 64.4 Å². The van der Waals surface area contributed by atoms with Gasteiger partial charge in [-0.05, 0) is 31.4 Å². The Morgan fingerprint density at radius 2 is 2.00 bits per heavy atom. The number of piperidine rings is 1. The normalized spacial score (nSPS) is 18.2. The fourth-order valence-corrected chi connectivity index (χ4v) is 4.78. The summed E-state index contributed by atoms with van der Waals surface area (Å²) in [5.41, 5.74) is 2.17. The average molecular weight is 420 g/mol. The molecule has 160 valence electrons. The van der Waals surface area contributed by atoms with E-state index in [4.69, 9.17) is 4.74 Å². The fourth-order valence-electron chi connectivity index (χ4n) is 3.76. The van der Waals surface area contributed by atoms with E-state index in [0.29, 0.717) is 19.7 Å². The molecular weight excluding hydrogens is 386 g/mol. The molecule has 3 rings (SSSR count). The van der Waals surface area contributed by atoms with Crippen molar-refractivity contribution in [1.29, 1.82) is 0 Å². The molecule has 7 heteroatoms. The Hall–Kier alpha value is -1.70. The predicted octanol–water partition coefficient (Wildman–Crippen LogP) is 3.66. The number of likely N-dealkylation sites (tertiary alicyclic amines) is 1. The van der Waals surface area contributed by atoms with Crippen molar-refractivity contribution in [3.63, 3.8) is 0 Å². The molecule has 0 amide bonds. The molecule has 0 saturated carbocycles. The molecule has 0 radical (unpaired) electrons. The molecule has 1 aliphatic rings. The first kappa shape index (κ1) is 22.0. The molecule has 0 spiro atoms. The van der Waals surface area contributed by atoms with Crippen LogP contribution in [0, 0.1) is 0 Å². The van der Waals surface area contributed by atoms with Gasteiger partial charge in [-0.1, -0.05) is 50.6 Å². The van der Waals surface area contributed by atoms with Crippen LogP contribution < -0.4 is 0 Å². The van der Waals surface area contributed by atoms with E-state index in [1.807, 2.05) is 22.8 Å². The lowest BCUT2D eigenvalue weighted by Crippen LogP contribution is -2.39. The number of benzene rings is 1. The number of nitrogens with zero attached hydrogens (tertiary/aromatic N) is 3. The highest BCUT2D eigenvalue weighted by Crippen LogP contribution is 2.20. The van der Waals surface area contributed by atoms with E-state index in [9.17, 15) is 8.42 Å². The van der Waals surface area contributed by atoms with Crippen molar-refractivity contribution in [3.05, 3.63) is 47.8 Å². The SMILES string of the molecule is CCCCn1c(CN2CCCC(OCc3ccccc3)C2)cnc1S(=O)(=O)CC. The molecule has 0 N–H and O–H groups in total. The van der Waals surface area contributed by atoms with E-state index >= 15 is 0 Å². The van der Waals surface area contributed by atoms with Crippen LogP contribution in [-0.2, 0) is 34.3 Å². The highest BCUT2D eigenvalue weighted by Gasteiger charge is 2.25. The molecule has 0 aliphatic carbocycles. The number of sulfone groups is 1. The van der Waals surface area contributed by atoms with Gasteiger partial charge in [0.25, 0.3) is 0 Å². The van der Waals surface area contributed by atoms with Crippen molar-refractivity contribution in [1.82, 2.24) is 14.5 Å². The van der Waals surface area contributed by atoms with Crippen LogP contribution >= 0.6 is 0 Å². The molecule has 2 aromatic rings. The molecule has 29 heavy (non-hydrogen) atoms. The van der Waals surface area contributed by atoms with Gasteiger partial charge in [-0.15, -0.1) is 0 Å². The van der Waals surface area contributed by atoms with Gasteiger partial charge in [0.2, 0.25) is 15.0 Å². The van der Waals surface area contributed by atoms with E-state index in [-0.39, 0.29) is 17.0 Å². The molecule has 6 nitrogen and oxygen atoms in total. The van der Waals surface area contributed by atoms with Crippen molar-refractivity contribution in [2.45, 2.75) is 70.5 Å². The lowest BCUT2D eigenvalue weighted by Gasteiger charge is -2.32. The van der Waals surface area contributed by atoms with Crippen LogP contribution in [0.4, 0.5) is 0 Å². The highest BCUT2D eigenvalue weighted by atomic mass is 32.2. The number of unbranched alkanes of at least 4 members (excludes halogenated alkanes) is 1. The predicted molar refractivity (Wildman–Crippen MR) is 114 cm³/mol. The lowest BCUT2D eigenvalue weighted by molar-refractivity contribution is -0.0126. The summed E-state index contributed by atoms with van der Waals surface area (Å²) in [6.07, 6.45) is 6.05. The standard InChI is InChI=1S/C22H33N3O3S/c1-3-5-14-25-20(15-23-22(25)29(26,27)4-2)16-24-13-9-12-21(17-24)28-18-19-10-7-6-8-11-19/h6-8,10-11,15,21H,3-5,9,12-14,16-18H2,1-2H3. The van der Waals surface area contributed by atoms with E-state index in [0.717, 1.165) is 44.5 Å². The summed E-state index contributed by atoms with van der Waals surface area (Å²) in [6, 6.07) is 10.3. The second-order valence-corrected chi connectivity index (χ2v) is 9.91. The monoisotopic (exact) mass is 419 g/mol. The molecule has 1 aromatic heterocycles. The Balaban J connectivity index is 1.65. The van der Waals surface area contributed by atoms with Crippen molar-refractivity contribution >= 4 is 9.84 Å². The number of rotatable bonds is 10. The van der Waals surface area contributed by atoms with Gasteiger partial charge < -0.3 is 9.30 Å². The first-order chi connectivity index (χ1) is 14.0. The van der Waals surface area contributed by atoms with Crippen LogP contribution in [0.25, 0.3) is 0 Å². The number of aromatic nitrogens is 2. The minimum Gasteiger partial charge on any atom is -0.372 e. The van der Waals surface area contributed by atoms with Gasteiger partial charge in [-0.3, -0.25) is 4.90 Å². The van der Waals surface area contributed by atoms with Crippen LogP contribution in [0.5, 0.6) is 0 Å². The number of imidazole rings is 1. The number of ether oxygens (including phenoxy) is 1. The first-order valence-electron chi connectivity index (χ1n) is 10.7. The molecule has 1 fully saturated rings. The average Bonchev–Trinajstić information content (AvgIpc) is 3.15. The van der Waals surface area contributed by atoms with Crippen LogP contribution in [0.1, 0.15) is 50.8 Å². The van der Waals surface area contributed by atoms with E-state index in [1.54, 1.807) is 13.1 Å². The fraction of sp³-hybridized carbons (Fsp3) is 0.591. The largest absolute Gasteiger partial charge is 0.372 e. The minimum absolute atomic E-state index is 0.0781. The Morgan fingerprint density at radius 3 is 2.72 bits per heavy atom. The van der Waals surface area contributed by atoms with Crippen LogP contribution in [0.2, 0.25) is 0 Å². The van der Waals surface area contributed by atoms with Crippen molar-refractivity contribution in [2.24, 2.45) is 0 Å². The second-order valence-electron chi connectivity index (χ2n) is 7.74. The summed E-state index contributed by atoms with van der Waals surface area (Å²) in [4.78, 5) is 6.65. The van der Waals surface area contributed by atoms with Crippen molar-refractivity contribution in [3.8, 4) is 0 Å². The summed E-state index contributed by atoms with van der Waals surface area (Å²) >= 11 is 0. The summed E-state index contributed by atoms with van der Waals surface area (Å²) in [7, 11) is -3.32. The van der Waals surface area contributed by atoms with Crippen LogP contribution in [0.3, 0.4) is 0 Å². The molecule has 1 unspecified atom stereocenters. The van der Waals surface area contributed by atoms with Crippen molar-refractivity contribution < 1.29 is 13.2 Å². The quantitative estimate of drug-likeness (QED) is 0.588. The maximum atomic E-state index is 12.4. The van der Waals surface area contributed by atoms with Crippen LogP contribution in [0.15, 0.2) is 41.7 Å². The van der Waals surface area contributed by atoms with Gasteiger partial charge in [-0.25, -0.2) is 13.4 Å². The third-order valence-corrected chi connectivity index (χ3v) is 7.11. The summed E-state index contributed by atoms with van der Waals surface area (Å²) in [5.74, 6) is 0.0781. The Kier molecular flexibility index (Phi) is 7.86. The Bertz CT molecular complexity index is 865. The molecule has 0 bridgehead atoms. The van der Waals surface area contributed by atoms with E-state index in [2.05, 4.69) is 28.9 Å². The number of hydrogen-bond acceptors (Lipinski definition) is 5. The smallest absolute Gasteiger partial charge is 0.227 e. The molecule has 1 atom stereocenters. The zero-order valence-electron chi connectivity index (χ0n) is 17.6. The Morgan fingerprint density at radius 1 is 1.21 bits per heavy atom. The lowest BCUT2D eigenvalue weighted by atomic mass is 10.1. The van der Waals surface area contributed by atoms with Gasteiger partial charge in [0, 0.05) is 19.6 Å². The van der Waals surface area contributed by atoms with Gasteiger partial charge in [-0.2, -0.15) is 0 Å². The molecule has 1 aromatic carbocycles. The third kappa shape index (κ3) is 5.90. The molecular formula is C22H33N3O3S. The Labute approximate surface area is 174 Å². The van der Waals surface area contributed by atoms with Gasteiger partial charge in [0.1, 0.15) is 0 Å². The zero-order chi connectivity index (χ0) is 20.7. The summed E-state index contributed by atoms with van der Waals surface area (Å²) in [6.45, 7) is 7.69. The molecule has 1 saturated heterocycles. The van der Waals surface area contributed by atoms with Gasteiger partial charge >= 0.3 is 0 Å². The summed E-state index contributed by atoms with van der Waals surface area (Å²) in [5, 5.41) is 0.220. The minimum atomic E-state index is -3.32. The van der Waals surface area contributed by atoms with E-state index in [1.165, 1.54) is 5.56 Å². The second kappa shape index (κ2) is 10.4.